The lowest BCUT2D eigenvalue weighted by atomic mass is 9.75. The number of amides is 1. The third-order valence-electron chi connectivity index (χ3n) is 7.07. The first kappa shape index (κ1) is 27.1. The van der Waals surface area contributed by atoms with Crippen LogP contribution in [0.3, 0.4) is 0 Å². The number of benzene rings is 2. The minimum absolute atomic E-state index is 0.0712. The second-order valence-corrected chi connectivity index (χ2v) is 13.1. The molecule has 0 unspecified atom stereocenters. The number of ketones is 2. The number of nitrogens with one attached hydrogen (secondary N) is 1. The SMILES string of the molecule is COc1cccc2c1C(=O)c1c(O)c3c(c(O)c1C2=O)C[C@@H](C(=O)NCC(C)(C)SSc1ccccn1)CC3. The maximum Gasteiger partial charge on any atom is 0.223 e. The van der Waals surface area contributed by atoms with Gasteiger partial charge in [-0.25, -0.2) is 4.98 Å². The number of carbonyl (C=O) groups excluding carboxylic acids is 3. The second kappa shape index (κ2) is 10.6. The van der Waals surface area contributed by atoms with Crippen molar-refractivity contribution in [1.82, 2.24) is 10.3 Å². The van der Waals surface area contributed by atoms with Gasteiger partial charge in [0.1, 0.15) is 22.3 Å². The Bertz CT molecular complexity index is 1490. The van der Waals surface area contributed by atoms with Crippen molar-refractivity contribution in [2.45, 2.75) is 42.9 Å². The van der Waals surface area contributed by atoms with Crippen LogP contribution in [0.25, 0.3) is 0 Å². The monoisotopic (exact) mass is 564 g/mol. The van der Waals surface area contributed by atoms with Crippen LogP contribution in [0.15, 0.2) is 47.6 Å². The van der Waals surface area contributed by atoms with Crippen LogP contribution in [-0.2, 0) is 17.6 Å². The van der Waals surface area contributed by atoms with Crippen LogP contribution >= 0.6 is 21.6 Å². The van der Waals surface area contributed by atoms with E-state index in [0.717, 1.165) is 5.03 Å². The number of hydrogen-bond donors (Lipinski definition) is 3. The number of ether oxygens (including phenoxy) is 1. The lowest BCUT2D eigenvalue weighted by Crippen LogP contribution is -2.40. The van der Waals surface area contributed by atoms with Crippen molar-refractivity contribution in [3.05, 3.63) is 76.0 Å². The van der Waals surface area contributed by atoms with E-state index in [-0.39, 0.29) is 63.0 Å². The van der Waals surface area contributed by atoms with E-state index in [1.54, 1.807) is 39.9 Å². The summed E-state index contributed by atoms with van der Waals surface area (Å²) >= 11 is 0. The van der Waals surface area contributed by atoms with E-state index < -0.39 is 17.5 Å². The topological polar surface area (TPSA) is 126 Å². The number of methoxy groups -OCH3 is 1. The molecule has 0 spiro atoms. The fourth-order valence-corrected chi connectivity index (χ4v) is 7.14. The number of hydrogen-bond acceptors (Lipinski definition) is 9. The Kier molecular flexibility index (Phi) is 7.35. The molecule has 1 amide bonds. The maximum absolute atomic E-state index is 13.4. The molecule has 1 atom stereocenters. The van der Waals surface area contributed by atoms with Crippen LogP contribution in [0.1, 0.15) is 63.2 Å². The summed E-state index contributed by atoms with van der Waals surface area (Å²) in [5, 5.41) is 26.3. The van der Waals surface area contributed by atoms with Crippen molar-refractivity contribution in [3.63, 3.8) is 0 Å². The Balaban J connectivity index is 1.35. The van der Waals surface area contributed by atoms with E-state index in [0.29, 0.717) is 24.1 Å². The number of nitrogens with zero attached hydrogens (tertiary/aromatic N) is 1. The molecule has 2 aliphatic carbocycles. The summed E-state index contributed by atoms with van der Waals surface area (Å²) in [7, 11) is 4.56. The highest BCUT2D eigenvalue weighted by molar-refractivity contribution is 8.77. The third kappa shape index (κ3) is 4.98. The van der Waals surface area contributed by atoms with Crippen molar-refractivity contribution in [2.75, 3.05) is 13.7 Å². The first-order valence-electron chi connectivity index (χ1n) is 12.5. The Labute approximate surface area is 234 Å². The number of carbonyl (C=O) groups is 3. The molecule has 1 heterocycles. The number of aromatic hydroxyl groups is 2. The van der Waals surface area contributed by atoms with E-state index in [1.807, 2.05) is 32.0 Å². The van der Waals surface area contributed by atoms with Crippen molar-refractivity contribution >= 4 is 39.1 Å². The number of rotatable bonds is 7. The normalized spacial score (nSPS) is 16.2. The van der Waals surface area contributed by atoms with Gasteiger partial charge in [-0.05, 0) is 62.1 Å². The highest BCUT2D eigenvalue weighted by Crippen LogP contribution is 2.47. The molecule has 0 saturated carbocycles. The average Bonchev–Trinajstić information content (AvgIpc) is 2.95. The molecular formula is C29H28N2O6S2. The Morgan fingerprint density at radius 2 is 1.79 bits per heavy atom. The lowest BCUT2D eigenvalue weighted by Gasteiger charge is -2.30. The Morgan fingerprint density at radius 3 is 2.51 bits per heavy atom. The molecule has 0 saturated heterocycles. The number of phenolic OH excluding ortho intramolecular Hbond substituents is 2. The van der Waals surface area contributed by atoms with Gasteiger partial charge < -0.3 is 20.3 Å². The quantitative estimate of drug-likeness (QED) is 0.216. The molecule has 5 rings (SSSR count). The van der Waals surface area contributed by atoms with Gasteiger partial charge in [-0.2, -0.15) is 0 Å². The van der Waals surface area contributed by atoms with Crippen LogP contribution in [0.5, 0.6) is 17.2 Å². The molecule has 10 heteroatoms. The largest absolute Gasteiger partial charge is 0.507 e. The van der Waals surface area contributed by atoms with Crippen LogP contribution in [0, 0.1) is 5.92 Å². The first-order chi connectivity index (χ1) is 18.6. The van der Waals surface area contributed by atoms with E-state index in [4.69, 9.17) is 4.74 Å². The summed E-state index contributed by atoms with van der Waals surface area (Å²) in [4.78, 5) is 44.3. The molecule has 8 nitrogen and oxygen atoms in total. The van der Waals surface area contributed by atoms with Crippen molar-refractivity contribution in [1.29, 1.82) is 0 Å². The zero-order chi connectivity index (χ0) is 27.9. The maximum atomic E-state index is 13.4. The minimum Gasteiger partial charge on any atom is -0.507 e. The standard InChI is InChI=1S/C29H28N2O6S2/c1-29(2,39-38-20-9-4-5-12-30-20)14-31-28(36)15-10-11-16-18(13-15)26(34)22-23(24(16)32)27(35)21-17(25(22)33)7-6-8-19(21)37-3/h4-9,12,15,32,34H,10-11,13-14H2,1-3H3,(H,31,36)/t15-/m0/s1. The number of pyridine rings is 1. The highest BCUT2D eigenvalue weighted by atomic mass is 33.1. The van der Waals surface area contributed by atoms with Gasteiger partial charge in [0.2, 0.25) is 11.7 Å². The molecule has 0 aliphatic heterocycles. The third-order valence-corrected chi connectivity index (χ3v) is 10.3. The van der Waals surface area contributed by atoms with Gasteiger partial charge in [0.25, 0.3) is 0 Å². The summed E-state index contributed by atoms with van der Waals surface area (Å²) < 4.78 is 5.01. The molecule has 3 aromatic rings. The van der Waals surface area contributed by atoms with E-state index in [1.165, 1.54) is 13.2 Å². The Morgan fingerprint density at radius 1 is 1.05 bits per heavy atom. The van der Waals surface area contributed by atoms with E-state index in [9.17, 15) is 24.6 Å². The number of phenols is 2. The van der Waals surface area contributed by atoms with E-state index >= 15 is 0 Å². The number of fused-ring (bicyclic) bond motifs is 3. The van der Waals surface area contributed by atoms with Crippen LogP contribution in [0.4, 0.5) is 0 Å². The summed E-state index contributed by atoms with van der Waals surface area (Å²) in [5.74, 6) is -2.18. The summed E-state index contributed by atoms with van der Waals surface area (Å²) in [5.41, 5.74) is 0.487. The predicted molar refractivity (Wildman–Crippen MR) is 150 cm³/mol. The molecule has 0 bridgehead atoms. The molecule has 1 aromatic heterocycles. The molecule has 3 N–H and O–H groups in total. The van der Waals surface area contributed by atoms with Gasteiger partial charge in [0.15, 0.2) is 5.78 Å². The number of aromatic nitrogens is 1. The van der Waals surface area contributed by atoms with Crippen LogP contribution < -0.4 is 10.1 Å². The molecule has 0 radical (unpaired) electrons. The Hall–Kier alpha value is -3.50. The van der Waals surface area contributed by atoms with E-state index in [2.05, 4.69) is 10.3 Å². The van der Waals surface area contributed by atoms with Gasteiger partial charge in [-0.1, -0.05) is 29.0 Å². The molecule has 0 fully saturated rings. The minimum atomic E-state index is -0.573. The van der Waals surface area contributed by atoms with Gasteiger partial charge in [0, 0.05) is 40.1 Å². The van der Waals surface area contributed by atoms with Gasteiger partial charge in [0.05, 0.1) is 23.8 Å². The fraction of sp³-hybridized carbons (Fsp3) is 0.310. The molecule has 39 heavy (non-hydrogen) atoms. The molecular weight excluding hydrogens is 536 g/mol. The smallest absolute Gasteiger partial charge is 0.223 e. The van der Waals surface area contributed by atoms with Gasteiger partial charge >= 0.3 is 0 Å². The van der Waals surface area contributed by atoms with Crippen molar-refractivity contribution < 1.29 is 29.3 Å². The summed E-state index contributed by atoms with van der Waals surface area (Å²) in [6.45, 7) is 4.50. The second-order valence-electron chi connectivity index (χ2n) is 10.2. The fourth-order valence-electron chi connectivity index (χ4n) is 5.06. The molecule has 202 valence electrons. The summed E-state index contributed by atoms with van der Waals surface area (Å²) in [6.07, 6.45) is 2.61. The van der Waals surface area contributed by atoms with Crippen LogP contribution in [0.2, 0.25) is 0 Å². The van der Waals surface area contributed by atoms with Crippen molar-refractivity contribution in [2.24, 2.45) is 5.92 Å². The van der Waals surface area contributed by atoms with Crippen molar-refractivity contribution in [3.8, 4) is 17.2 Å². The zero-order valence-corrected chi connectivity index (χ0v) is 23.4. The lowest BCUT2D eigenvalue weighted by molar-refractivity contribution is -0.125. The molecule has 2 aliphatic rings. The predicted octanol–water partition coefficient (Wildman–Crippen LogP) is 4.72. The average molecular weight is 565 g/mol. The summed E-state index contributed by atoms with van der Waals surface area (Å²) in [6, 6.07) is 10.4. The zero-order valence-electron chi connectivity index (χ0n) is 21.7. The first-order valence-corrected chi connectivity index (χ1v) is 14.7. The molecule has 2 aromatic carbocycles. The van der Waals surface area contributed by atoms with Crippen LogP contribution in [-0.4, -0.2) is 51.1 Å². The van der Waals surface area contributed by atoms with Gasteiger partial charge in [-0.15, -0.1) is 0 Å². The van der Waals surface area contributed by atoms with Gasteiger partial charge in [-0.3, -0.25) is 14.4 Å². The highest BCUT2D eigenvalue weighted by Gasteiger charge is 2.41.